The first-order valence-corrected chi connectivity index (χ1v) is 7.41. The third kappa shape index (κ3) is 3.95. The third-order valence-electron chi connectivity index (χ3n) is 3.14. The topological polar surface area (TPSA) is 82.3 Å². The highest BCUT2D eigenvalue weighted by molar-refractivity contribution is 9.10. The van der Waals surface area contributed by atoms with Crippen molar-refractivity contribution in [3.63, 3.8) is 0 Å². The van der Waals surface area contributed by atoms with Crippen molar-refractivity contribution in [2.45, 2.75) is 0 Å². The number of nitrogens with zero attached hydrogens (tertiary/aromatic N) is 1. The monoisotopic (exact) mass is 375 g/mol. The number of amides is 2. The highest BCUT2D eigenvalue weighted by Crippen LogP contribution is 2.16. The van der Waals surface area contributed by atoms with E-state index in [2.05, 4.69) is 32.8 Å². The number of anilines is 2. The van der Waals surface area contributed by atoms with Crippen LogP contribution < -0.4 is 15.8 Å². The quantitative estimate of drug-likeness (QED) is 0.805. The van der Waals surface area contributed by atoms with Gasteiger partial charge in [0.2, 0.25) is 5.91 Å². The Morgan fingerprint density at radius 2 is 1.96 bits per heavy atom. The van der Waals surface area contributed by atoms with Gasteiger partial charge in [0.25, 0.3) is 11.5 Å². The van der Waals surface area contributed by atoms with Crippen LogP contribution in [0.5, 0.6) is 0 Å². The van der Waals surface area contributed by atoms with E-state index in [1.807, 2.05) is 0 Å². The summed E-state index contributed by atoms with van der Waals surface area (Å²) in [6.45, 7) is 3.42. The van der Waals surface area contributed by atoms with Crippen molar-refractivity contribution in [1.82, 2.24) is 4.98 Å². The molecule has 7 heteroatoms. The Kier molecular flexibility index (Phi) is 5.13. The second-order valence-corrected chi connectivity index (χ2v) is 5.58. The van der Waals surface area contributed by atoms with Gasteiger partial charge in [0.1, 0.15) is 5.69 Å². The summed E-state index contributed by atoms with van der Waals surface area (Å²) in [4.78, 5) is 39.3. The largest absolute Gasteiger partial charge is 0.326 e. The van der Waals surface area contributed by atoms with E-state index in [4.69, 9.17) is 0 Å². The molecule has 2 amide bonds. The van der Waals surface area contributed by atoms with Gasteiger partial charge in [0, 0.05) is 29.0 Å². The van der Waals surface area contributed by atoms with Gasteiger partial charge in [-0.25, -0.2) is 0 Å². The van der Waals surface area contributed by atoms with Gasteiger partial charge >= 0.3 is 0 Å². The highest BCUT2D eigenvalue weighted by atomic mass is 79.9. The fourth-order valence-electron chi connectivity index (χ4n) is 1.85. The average Bonchev–Trinajstić information content (AvgIpc) is 2.56. The maximum Gasteiger partial charge on any atom is 0.271 e. The number of likely N-dealkylation sites (N-methyl/N-ethyl adjacent to an activating group) is 1. The number of nitrogens with one attached hydrogen (secondary N) is 2. The van der Waals surface area contributed by atoms with E-state index in [-0.39, 0.29) is 11.6 Å². The minimum atomic E-state index is -0.419. The van der Waals surface area contributed by atoms with E-state index >= 15 is 0 Å². The summed E-state index contributed by atoms with van der Waals surface area (Å²) in [5.74, 6) is -0.666. The first kappa shape index (κ1) is 16.7. The number of H-pyrrole nitrogens is 1. The Balaban J connectivity index is 2.17. The van der Waals surface area contributed by atoms with Crippen LogP contribution >= 0.6 is 15.9 Å². The molecule has 23 heavy (non-hydrogen) atoms. The van der Waals surface area contributed by atoms with Gasteiger partial charge in [-0.3, -0.25) is 14.4 Å². The molecule has 0 radical (unpaired) electrons. The van der Waals surface area contributed by atoms with Crippen molar-refractivity contribution in [3.05, 3.63) is 69.6 Å². The lowest BCUT2D eigenvalue weighted by Gasteiger charge is -2.15. The van der Waals surface area contributed by atoms with Crippen LogP contribution in [-0.4, -0.2) is 23.8 Å². The normalized spacial score (nSPS) is 10.0. The molecule has 2 rings (SSSR count). The number of benzene rings is 1. The second kappa shape index (κ2) is 7.06. The van der Waals surface area contributed by atoms with Gasteiger partial charge < -0.3 is 15.2 Å². The number of pyridine rings is 1. The van der Waals surface area contributed by atoms with Crippen LogP contribution in [0.3, 0.4) is 0 Å². The van der Waals surface area contributed by atoms with Crippen molar-refractivity contribution in [3.8, 4) is 0 Å². The lowest BCUT2D eigenvalue weighted by molar-refractivity contribution is -0.113. The summed E-state index contributed by atoms with van der Waals surface area (Å²) < 4.78 is 0.646. The standard InChI is InChI=1S/C16H14BrN3O3/c1-3-14(21)20(2)12-6-4-10(5-7-12)15(22)19-13-8-11(17)9-18-16(13)23/h3-9H,1H2,2H3,(H,18,23)(H,19,22). The van der Waals surface area contributed by atoms with E-state index in [1.165, 1.54) is 23.2 Å². The molecule has 1 aromatic heterocycles. The zero-order valence-corrected chi connectivity index (χ0v) is 13.9. The number of aromatic nitrogens is 1. The van der Waals surface area contributed by atoms with Gasteiger partial charge in [-0.05, 0) is 52.3 Å². The average molecular weight is 376 g/mol. The van der Waals surface area contributed by atoms with Crippen LogP contribution in [0.25, 0.3) is 0 Å². The first-order valence-electron chi connectivity index (χ1n) is 6.62. The van der Waals surface area contributed by atoms with Gasteiger partial charge in [-0.15, -0.1) is 0 Å². The van der Waals surface area contributed by atoms with Crippen molar-refractivity contribution in [1.29, 1.82) is 0 Å². The first-order chi connectivity index (χ1) is 10.9. The molecule has 0 fully saturated rings. The Hall–Kier alpha value is -2.67. The zero-order chi connectivity index (χ0) is 17.0. The molecule has 0 spiro atoms. The molecule has 0 aliphatic heterocycles. The van der Waals surface area contributed by atoms with Crippen LogP contribution in [0.1, 0.15) is 10.4 Å². The molecule has 0 saturated heterocycles. The van der Waals surface area contributed by atoms with Crippen molar-refractivity contribution in [2.75, 3.05) is 17.3 Å². The highest BCUT2D eigenvalue weighted by Gasteiger charge is 2.11. The summed E-state index contributed by atoms with van der Waals surface area (Å²) in [5, 5.41) is 2.54. The molecule has 0 saturated carbocycles. The van der Waals surface area contributed by atoms with E-state index in [0.29, 0.717) is 15.7 Å². The van der Waals surface area contributed by atoms with Gasteiger partial charge in [0.05, 0.1) is 0 Å². The molecule has 1 aromatic carbocycles. The van der Waals surface area contributed by atoms with Gasteiger partial charge in [-0.1, -0.05) is 6.58 Å². The molecular formula is C16H14BrN3O3. The third-order valence-corrected chi connectivity index (χ3v) is 3.60. The van der Waals surface area contributed by atoms with E-state index in [0.717, 1.165) is 0 Å². The van der Waals surface area contributed by atoms with Crippen LogP contribution in [-0.2, 0) is 4.79 Å². The lowest BCUT2D eigenvalue weighted by atomic mass is 10.2. The van der Waals surface area contributed by atoms with E-state index in [9.17, 15) is 14.4 Å². The Morgan fingerprint density at radius 3 is 2.57 bits per heavy atom. The summed E-state index contributed by atoms with van der Waals surface area (Å²) in [5.41, 5.74) is 0.751. The number of rotatable bonds is 4. The molecule has 0 aliphatic rings. The molecule has 0 unspecified atom stereocenters. The summed E-state index contributed by atoms with van der Waals surface area (Å²) >= 11 is 3.22. The fraction of sp³-hybridized carbons (Fsp3) is 0.0625. The maximum atomic E-state index is 12.2. The minimum absolute atomic E-state index is 0.146. The van der Waals surface area contributed by atoms with Crippen molar-refractivity contribution >= 4 is 39.1 Å². The van der Waals surface area contributed by atoms with Gasteiger partial charge in [-0.2, -0.15) is 0 Å². The molecule has 0 atom stereocenters. The molecule has 0 bridgehead atoms. The number of hydrogen-bond acceptors (Lipinski definition) is 3. The second-order valence-electron chi connectivity index (χ2n) is 4.66. The number of carbonyl (C=O) groups is 2. The minimum Gasteiger partial charge on any atom is -0.326 e. The molecule has 1 heterocycles. The molecule has 118 valence electrons. The molecule has 2 aromatic rings. The predicted molar refractivity (Wildman–Crippen MR) is 92.8 cm³/mol. The SMILES string of the molecule is C=CC(=O)N(C)c1ccc(C(=O)Nc2cc(Br)c[nH]c2=O)cc1. The molecular weight excluding hydrogens is 362 g/mol. The molecule has 2 N–H and O–H groups in total. The van der Waals surface area contributed by atoms with Crippen molar-refractivity contribution in [2.24, 2.45) is 0 Å². The number of aromatic amines is 1. The maximum absolute atomic E-state index is 12.2. The van der Waals surface area contributed by atoms with E-state index in [1.54, 1.807) is 31.3 Å². The number of halogens is 1. The number of carbonyl (C=O) groups excluding carboxylic acids is 2. The van der Waals surface area contributed by atoms with Crippen molar-refractivity contribution < 1.29 is 9.59 Å². The van der Waals surface area contributed by atoms with E-state index < -0.39 is 11.5 Å². The number of hydrogen-bond donors (Lipinski definition) is 2. The van der Waals surface area contributed by atoms with Crippen LogP contribution in [0.15, 0.2) is 58.5 Å². The van der Waals surface area contributed by atoms with Gasteiger partial charge in [0.15, 0.2) is 0 Å². The van der Waals surface area contributed by atoms with Crippen LogP contribution in [0.4, 0.5) is 11.4 Å². The Labute approximate surface area is 141 Å². The summed E-state index contributed by atoms with van der Waals surface area (Å²) in [7, 11) is 1.61. The summed E-state index contributed by atoms with van der Waals surface area (Å²) in [6.07, 6.45) is 2.69. The van der Waals surface area contributed by atoms with Crippen LogP contribution in [0.2, 0.25) is 0 Å². The predicted octanol–water partition coefficient (Wildman–Crippen LogP) is 2.54. The summed E-state index contributed by atoms with van der Waals surface area (Å²) in [6, 6.07) is 7.94. The van der Waals surface area contributed by atoms with Crippen LogP contribution in [0, 0.1) is 0 Å². The molecule has 0 aliphatic carbocycles. The Bertz CT molecular complexity index is 812. The zero-order valence-electron chi connectivity index (χ0n) is 12.3. The lowest BCUT2D eigenvalue weighted by Crippen LogP contribution is -2.24. The smallest absolute Gasteiger partial charge is 0.271 e. The molecule has 6 nitrogen and oxygen atoms in total. The fourth-order valence-corrected chi connectivity index (χ4v) is 2.19. The Morgan fingerprint density at radius 1 is 1.30 bits per heavy atom.